The number of rotatable bonds is 2. The highest BCUT2D eigenvalue weighted by Crippen LogP contribution is 2.06. The molecule has 4 nitrogen and oxygen atoms in total. The van der Waals surface area contributed by atoms with E-state index in [0.717, 1.165) is 5.69 Å². The van der Waals surface area contributed by atoms with Gasteiger partial charge in [0.1, 0.15) is 0 Å². The van der Waals surface area contributed by atoms with E-state index in [1.807, 2.05) is 12.1 Å². The number of methoxy groups -OCH3 is 1. The van der Waals surface area contributed by atoms with E-state index in [0.29, 0.717) is 11.6 Å². The number of ether oxygens (including phenoxy) is 1. The zero-order valence-electron chi connectivity index (χ0n) is 7.11. The molecule has 0 radical (unpaired) electrons. The zero-order valence-corrected chi connectivity index (χ0v) is 7.11. The van der Waals surface area contributed by atoms with Gasteiger partial charge in [-0.15, -0.1) is 0 Å². The quantitative estimate of drug-likeness (QED) is 0.400. The Morgan fingerprint density at radius 3 is 2.92 bits per heavy atom. The average Bonchev–Trinajstić information content (AvgIpc) is 2.17. The Balaban J connectivity index is 3.02. The largest absolute Gasteiger partial charge is 0.481 e. The van der Waals surface area contributed by atoms with Gasteiger partial charge in [0.2, 0.25) is 5.88 Å². The van der Waals surface area contributed by atoms with Gasteiger partial charge >= 0.3 is 0 Å². The van der Waals surface area contributed by atoms with Crippen molar-refractivity contribution in [1.82, 2.24) is 4.98 Å². The number of nitrogens with zero attached hydrogens (tertiary/aromatic N) is 2. The van der Waals surface area contributed by atoms with Crippen molar-refractivity contribution in [2.75, 3.05) is 7.11 Å². The van der Waals surface area contributed by atoms with Crippen molar-refractivity contribution >= 4 is 5.71 Å². The third kappa shape index (κ3) is 1.72. The van der Waals surface area contributed by atoms with Gasteiger partial charge in [-0.05, 0) is 13.0 Å². The van der Waals surface area contributed by atoms with Gasteiger partial charge in [0.15, 0.2) is 0 Å². The van der Waals surface area contributed by atoms with Gasteiger partial charge < -0.3 is 10.6 Å². The van der Waals surface area contributed by atoms with Crippen molar-refractivity contribution in [3.05, 3.63) is 23.9 Å². The molecule has 4 heteroatoms. The predicted octanol–water partition coefficient (Wildman–Crippen LogP) is 0.773. The second-order valence-corrected chi connectivity index (χ2v) is 2.28. The van der Waals surface area contributed by atoms with E-state index in [-0.39, 0.29) is 0 Å². The van der Waals surface area contributed by atoms with Crippen LogP contribution in [-0.4, -0.2) is 17.8 Å². The number of pyridine rings is 1. The Hall–Kier alpha value is -1.58. The topological polar surface area (TPSA) is 60.5 Å². The second-order valence-electron chi connectivity index (χ2n) is 2.28. The lowest BCUT2D eigenvalue weighted by Crippen LogP contribution is -2.02. The molecule has 0 bridgehead atoms. The smallest absolute Gasteiger partial charge is 0.213 e. The highest BCUT2D eigenvalue weighted by atomic mass is 16.5. The molecular formula is C8H11N3O. The van der Waals surface area contributed by atoms with Crippen LogP contribution in [0.1, 0.15) is 12.6 Å². The van der Waals surface area contributed by atoms with Crippen LogP contribution in [0.25, 0.3) is 0 Å². The summed E-state index contributed by atoms with van der Waals surface area (Å²) in [5.41, 5.74) is 1.42. The van der Waals surface area contributed by atoms with E-state index in [9.17, 15) is 0 Å². The molecule has 2 N–H and O–H groups in total. The first-order chi connectivity index (χ1) is 5.77. The fourth-order valence-electron chi connectivity index (χ4n) is 0.796. The van der Waals surface area contributed by atoms with Gasteiger partial charge in [-0.25, -0.2) is 4.98 Å². The Morgan fingerprint density at radius 1 is 1.58 bits per heavy atom. The molecule has 0 aliphatic rings. The summed E-state index contributed by atoms with van der Waals surface area (Å²) in [7, 11) is 1.57. The first-order valence-corrected chi connectivity index (χ1v) is 3.54. The molecule has 0 spiro atoms. The summed E-state index contributed by atoms with van der Waals surface area (Å²) < 4.78 is 4.94. The van der Waals surface area contributed by atoms with Crippen LogP contribution in [0.5, 0.6) is 5.88 Å². The second kappa shape index (κ2) is 3.71. The lowest BCUT2D eigenvalue weighted by atomic mass is 10.2. The van der Waals surface area contributed by atoms with Gasteiger partial charge in [0, 0.05) is 6.07 Å². The van der Waals surface area contributed by atoms with Crippen molar-refractivity contribution < 1.29 is 4.74 Å². The summed E-state index contributed by atoms with van der Waals surface area (Å²) >= 11 is 0. The minimum Gasteiger partial charge on any atom is -0.481 e. The summed E-state index contributed by atoms with van der Waals surface area (Å²) in [6.07, 6.45) is 0. The number of hydrogen-bond donors (Lipinski definition) is 1. The molecule has 0 saturated heterocycles. The third-order valence-electron chi connectivity index (χ3n) is 1.50. The van der Waals surface area contributed by atoms with Crippen molar-refractivity contribution in [2.45, 2.75) is 6.92 Å². The minimum absolute atomic E-state index is 0.565. The lowest BCUT2D eigenvalue weighted by Gasteiger charge is -2.00. The molecule has 1 rings (SSSR count). The Labute approximate surface area is 71.1 Å². The molecule has 0 unspecified atom stereocenters. The summed E-state index contributed by atoms with van der Waals surface area (Å²) in [5, 5.41) is 3.53. The summed E-state index contributed by atoms with van der Waals surface area (Å²) in [4.78, 5) is 4.13. The fourth-order valence-corrected chi connectivity index (χ4v) is 0.796. The van der Waals surface area contributed by atoms with Gasteiger partial charge in [0.05, 0.1) is 18.5 Å². The Kier molecular flexibility index (Phi) is 2.63. The lowest BCUT2D eigenvalue weighted by molar-refractivity contribution is 0.397. The molecule has 0 aromatic carbocycles. The van der Waals surface area contributed by atoms with Crippen LogP contribution in [0.2, 0.25) is 0 Å². The number of aromatic nitrogens is 1. The van der Waals surface area contributed by atoms with Crippen LogP contribution in [0.3, 0.4) is 0 Å². The van der Waals surface area contributed by atoms with Gasteiger partial charge in [0.25, 0.3) is 0 Å². The summed E-state index contributed by atoms with van der Waals surface area (Å²) in [6.45, 7) is 1.79. The SMILES string of the molecule is COc1cccc(/C(C)=N/N)n1. The van der Waals surface area contributed by atoms with Crippen LogP contribution in [0.15, 0.2) is 23.3 Å². The fraction of sp³-hybridized carbons (Fsp3) is 0.250. The summed E-state index contributed by atoms with van der Waals surface area (Å²) in [6, 6.07) is 5.44. The normalized spacial score (nSPS) is 11.3. The molecule has 0 aliphatic carbocycles. The molecule has 0 amide bonds. The predicted molar refractivity (Wildman–Crippen MR) is 47.2 cm³/mol. The van der Waals surface area contributed by atoms with Crippen LogP contribution in [0.4, 0.5) is 0 Å². The molecule has 0 fully saturated rings. The first-order valence-electron chi connectivity index (χ1n) is 3.54. The highest BCUT2D eigenvalue weighted by molar-refractivity contribution is 5.96. The van der Waals surface area contributed by atoms with Gasteiger partial charge in [-0.3, -0.25) is 0 Å². The summed E-state index contributed by atoms with van der Waals surface area (Å²) in [5.74, 6) is 5.67. The monoisotopic (exact) mass is 165 g/mol. The van der Waals surface area contributed by atoms with Gasteiger partial charge in [-0.1, -0.05) is 6.07 Å². The standard InChI is InChI=1S/C8H11N3O/c1-6(11-9)7-4-3-5-8(10-7)12-2/h3-5H,9H2,1-2H3/b11-6+. The molecule has 0 aliphatic heterocycles. The van der Waals surface area contributed by atoms with Gasteiger partial charge in [-0.2, -0.15) is 5.10 Å². The number of hydrazone groups is 1. The van der Waals surface area contributed by atoms with Crippen molar-refractivity contribution in [3.8, 4) is 5.88 Å². The Bertz CT molecular complexity index is 296. The van der Waals surface area contributed by atoms with E-state index in [4.69, 9.17) is 10.6 Å². The first kappa shape index (κ1) is 8.52. The maximum Gasteiger partial charge on any atom is 0.213 e. The minimum atomic E-state index is 0.565. The van der Waals surface area contributed by atoms with Crippen molar-refractivity contribution in [1.29, 1.82) is 0 Å². The maximum absolute atomic E-state index is 5.10. The molecule has 1 heterocycles. The molecular weight excluding hydrogens is 154 g/mol. The molecule has 1 aromatic rings. The van der Waals surface area contributed by atoms with Crippen LogP contribution < -0.4 is 10.6 Å². The van der Waals surface area contributed by atoms with Crippen LogP contribution in [0, 0.1) is 0 Å². The molecule has 0 saturated carbocycles. The van der Waals surface area contributed by atoms with E-state index >= 15 is 0 Å². The third-order valence-corrected chi connectivity index (χ3v) is 1.50. The van der Waals surface area contributed by atoms with E-state index in [1.165, 1.54) is 0 Å². The molecule has 0 atom stereocenters. The van der Waals surface area contributed by atoms with E-state index < -0.39 is 0 Å². The van der Waals surface area contributed by atoms with E-state index in [1.54, 1.807) is 20.1 Å². The average molecular weight is 165 g/mol. The number of nitrogens with two attached hydrogens (primary N) is 1. The zero-order chi connectivity index (χ0) is 8.97. The van der Waals surface area contributed by atoms with E-state index in [2.05, 4.69) is 10.1 Å². The molecule has 64 valence electrons. The number of hydrogen-bond acceptors (Lipinski definition) is 4. The van der Waals surface area contributed by atoms with Crippen molar-refractivity contribution in [2.24, 2.45) is 10.9 Å². The molecule has 1 aromatic heterocycles. The highest BCUT2D eigenvalue weighted by Gasteiger charge is 1.99. The van der Waals surface area contributed by atoms with Crippen molar-refractivity contribution in [3.63, 3.8) is 0 Å². The molecule has 12 heavy (non-hydrogen) atoms. The van der Waals surface area contributed by atoms with Crippen LogP contribution >= 0.6 is 0 Å². The van der Waals surface area contributed by atoms with Crippen LogP contribution in [-0.2, 0) is 0 Å². The maximum atomic E-state index is 5.10. The Morgan fingerprint density at radius 2 is 2.33 bits per heavy atom.